The molecule has 6 nitrogen and oxygen atoms in total. The zero-order valence-electron chi connectivity index (χ0n) is 17.0. The fourth-order valence-electron chi connectivity index (χ4n) is 3.78. The van der Waals surface area contributed by atoms with Gasteiger partial charge in [0.15, 0.2) is 23.0 Å². The Balaban J connectivity index is 1.84. The maximum Gasteiger partial charge on any atom is 0.203 e. The highest BCUT2D eigenvalue weighted by Crippen LogP contribution is 2.41. The van der Waals surface area contributed by atoms with Crippen LogP contribution in [0.5, 0.6) is 28.7 Å². The first kappa shape index (κ1) is 17.8. The minimum absolute atomic E-state index is 0.0593. The molecule has 2 aromatic carbocycles. The van der Waals surface area contributed by atoms with Crippen LogP contribution in [0, 0.1) is 0 Å². The predicted octanol–water partition coefficient (Wildman–Crippen LogP) is 3.29. The Kier molecular flexibility index (Phi) is 5.25. The van der Waals surface area contributed by atoms with Crippen LogP contribution in [-0.2, 0) is 12.8 Å². The van der Waals surface area contributed by atoms with Crippen molar-refractivity contribution >= 4 is 0 Å². The summed E-state index contributed by atoms with van der Waals surface area (Å²) in [7, 11) is 4.89. The van der Waals surface area contributed by atoms with Crippen LogP contribution in [0.15, 0.2) is 24.3 Å². The summed E-state index contributed by atoms with van der Waals surface area (Å²) in [6.45, 7) is 0.903. The summed E-state index contributed by atoms with van der Waals surface area (Å²) in [5.74, 6) is 1.32. The van der Waals surface area contributed by atoms with Crippen LogP contribution in [0.2, 0.25) is 0 Å². The molecule has 0 radical (unpaired) electrons. The monoisotopic (exact) mass is 379 g/mol. The van der Waals surface area contributed by atoms with Crippen molar-refractivity contribution in [3.63, 3.8) is 0 Å². The molecule has 27 heavy (non-hydrogen) atoms. The van der Waals surface area contributed by atoms with E-state index in [1.54, 1.807) is 19.2 Å². The zero-order valence-corrected chi connectivity index (χ0v) is 16.0. The van der Waals surface area contributed by atoms with Crippen LogP contribution in [0.3, 0.4) is 0 Å². The molecule has 3 rings (SSSR count). The van der Waals surface area contributed by atoms with E-state index in [1.165, 1.54) is 7.11 Å². The fourth-order valence-corrected chi connectivity index (χ4v) is 3.78. The number of ether oxygens (including phenoxy) is 3. The minimum Gasteiger partial charge on any atom is -0.504 e. The van der Waals surface area contributed by atoms with Gasteiger partial charge in [0, 0.05) is 12.6 Å². The van der Waals surface area contributed by atoms with Gasteiger partial charge in [-0.2, -0.15) is 0 Å². The molecule has 0 spiro atoms. The van der Waals surface area contributed by atoms with Gasteiger partial charge in [0.2, 0.25) is 5.75 Å². The second-order valence-electron chi connectivity index (χ2n) is 6.80. The minimum atomic E-state index is -0.224. The van der Waals surface area contributed by atoms with E-state index in [0.29, 0.717) is 17.2 Å². The summed E-state index contributed by atoms with van der Waals surface area (Å²) in [6.07, 6.45) is 2.42. The molecule has 1 atom stereocenters. The Morgan fingerprint density at radius 2 is 1.96 bits per heavy atom. The second kappa shape index (κ2) is 7.96. The van der Waals surface area contributed by atoms with Crippen molar-refractivity contribution in [3.05, 3.63) is 41.0 Å². The van der Waals surface area contributed by atoms with Crippen LogP contribution in [0.1, 0.15) is 30.5 Å². The highest BCUT2D eigenvalue weighted by molar-refractivity contribution is 5.53. The first-order valence-corrected chi connectivity index (χ1v) is 8.90. The normalized spacial score (nSPS) is 17.1. The third-order valence-corrected chi connectivity index (χ3v) is 5.23. The summed E-state index contributed by atoms with van der Waals surface area (Å²) in [4.78, 5) is 2.27. The molecule has 2 aromatic rings. The summed E-state index contributed by atoms with van der Waals surface area (Å²) in [5.41, 5.74) is 3.17. The first-order valence-electron chi connectivity index (χ1n) is 9.61. The van der Waals surface area contributed by atoms with E-state index in [4.69, 9.17) is 15.6 Å². The largest absolute Gasteiger partial charge is 0.504 e. The Hall–Kier alpha value is -2.60. The van der Waals surface area contributed by atoms with Crippen LogP contribution < -0.4 is 14.2 Å². The molecular weight excluding hydrogens is 350 g/mol. The molecule has 0 fully saturated rings. The van der Waals surface area contributed by atoms with Gasteiger partial charge in [0.05, 0.1) is 22.7 Å². The van der Waals surface area contributed by atoms with Crippen molar-refractivity contribution in [2.45, 2.75) is 25.3 Å². The van der Waals surface area contributed by atoms with Gasteiger partial charge in [-0.25, -0.2) is 0 Å². The Morgan fingerprint density at radius 3 is 2.67 bits per heavy atom. The molecule has 0 aliphatic carbocycles. The maximum absolute atomic E-state index is 10.3. The molecule has 0 amide bonds. The van der Waals surface area contributed by atoms with Gasteiger partial charge < -0.3 is 24.4 Å². The van der Waals surface area contributed by atoms with E-state index in [-0.39, 0.29) is 24.6 Å². The number of hydrogen-bond acceptors (Lipinski definition) is 6. The number of hydrogen-bond donors (Lipinski definition) is 2. The zero-order chi connectivity index (χ0) is 20.3. The number of rotatable bonds is 6. The molecule has 0 unspecified atom stereocenters. The SMILES string of the molecule is [3H]COc1cc2c(cc1O)[C@H]([14CH2]Cc1cc(O)c(OC)c(OC)c1)N(C)[14CH2]C2. The molecule has 146 valence electrons. The van der Waals surface area contributed by atoms with Crippen molar-refractivity contribution in [1.82, 2.24) is 4.90 Å². The van der Waals surface area contributed by atoms with E-state index < -0.39 is 0 Å². The smallest absolute Gasteiger partial charge is 0.203 e. The van der Waals surface area contributed by atoms with Gasteiger partial charge in [-0.1, -0.05) is 0 Å². The van der Waals surface area contributed by atoms with E-state index in [0.717, 1.165) is 42.5 Å². The number of phenols is 2. The van der Waals surface area contributed by atoms with Crippen molar-refractivity contribution < 1.29 is 25.8 Å². The van der Waals surface area contributed by atoms with Crippen LogP contribution in [-0.4, -0.2) is 50.0 Å². The molecule has 0 saturated carbocycles. The quantitative estimate of drug-likeness (QED) is 0.803. The van der Waals surface area contributed by atoms with E-state index in [9.17, 15) is 10.2 Å². The van der Waals surface area contributed by atoms with Gasteiger partial charge in [-0.15, -0.1) is 0 Å². The molecule has 1 heterocycles. The molecule has 1 aliphatic rings. The van der Waals surface area contributed by atoms with Gasteiger partial charge >= 0.3 is 0 Å². The number of nitrogens with zero attached hydrogens (tertiary/aromatic N) is 1. The number of benzene rings is 2. The summed E-state index contributed by atoms with van der Waals surface area (Å²) in [6, 6.07) is 7.32. The maximum atomic E-state index is 10.3. The third kappa shape index (κ3) is 3.76. The molecule has 0 aromatic heterocycles. The van der Waals surface area contributed by atoms with Gasteiger partial charge in [0.1, 0.15) is 0 Å². The van der Waals surface area contributed by atoms with E-state index >= 15 is 0 Å². The summed E-state index contributed by atoms with van der Waals surface area (Å²) < 4.78 is 22.9. The third-order valence-electron chi connectivity index (χ3n) is 5.23. The average molecular weight is 379 g/mol. The summed E-state index contributed by atoms with van der Waals surface area (Å²) >= 11 is 0. The van der Waals surface area contributed by atoms with Crippen molar-refractivity contribution in [2.75, 3.05) is 34.9 Å². The van der Waals surface area contributed by atoms with Crippen molar-refractivity contribution in [1.29, 1.82) is 0 Å². The van der Waals surface area contributed by atoms with Crippen molar-refractivity contribution in [3.8, 4) is 28.7 Å². The average Bonchev–Trinajstić information content (AvgIpc) is 2.68. The Bertz CT molecular complexity index is 842. The standard InChI is InChI=1S/C21H27NO5/c1-22-8-7-14-11-19(25-2)17(23)12-15(14)16(22)6-5-13-9-18(24)21(27-4)20(10-13)26-3/h9-12,16,23-24H,5-8H2,1-4H3/t16-/m0/s1/i2T,6+2,8+2. The Labute approximate surface area is 161 Å². The number of fused-ring (bicyclic) bond motifs is 1. The number of aromatic hydroxyl groups is 2. The molecule has 6 heteroatoms. The lowest BCUT2D eigenvalue weighted by Crippen LogP contribution is -2.32. The predicted molar refractivity (Wildman–Crippen MR) is 103 cm³/mol. The van der Waals surface area contributed by atoms with E-state index in [2.05, 4.69) is 11.9 Å². The lowest BCUT2D eigenvalue weighted by Gasteiger charge is -2.35. The number of methoxy groups -OCH3 is 3. The number of likely N-dealkylation sites (N-methyl/N-ethyl adjacent to an activating group) is 1. The van der Waals surface area contributed by atoms with Gasteiger partial charge in [-0.05, 0) is 67.3 Å². The molecule has 2 N–H and O–H groups in total. The highest BCUT2D eigenvalue weighted by Gasteiger charge is 2.26. The second-order valence-corrected chi connectivity index (χ2v) is 6.80. The summed E-state index contributed by atoms with van der Waals surface area (Å²) in [5, 5.41) is 20.4. The number of aryl methyl sites for hydroxylation is 1. The topological polar surface area (TPSA) is 71.4 Å². The fraction of sp³-hybridized carbons (Fsp3) is 0.429. The highest BCUT2D eigenvalue weighted by atomic mass is 16.5. The molecule has 0 saturated heterocycles. The molecule has 0 bridgehead atoms. The van der Waals surface area contributed by atoms with Crippen LogP contribution >= 0.6 is 0 Å². The van der Waals surface area contributed by atoms with Crippen LogP contribution in [0.25, 0.3) is 0 Å². The first-order chi connectivity index (χ1) is 13.5. The molecule has 1 aliphatic heterocycles. The van der Waals surface area contributed by atoms with Gasteiger partial charge in [-0.3, -0.25) is 4.90 Å². The lowest BCUT2D eigenvalue weighted by atomic mass is 10.0. The molecular formula is C21H27NO5. The Morgan fingerprint density at radius 1 is 1.15 bits per heavy atom. The van der Waals surface area contributed by atoms with Crippen molar-refractivity contribution in [2.24, 2.45) is 0 Å². The number of phenolic OH excluding ortho intramolecular Hbond substituents is 2. The lowest BCUT2D eigenvalue weighted by molar-refractivity contribution is 0.218. The van der Waals surface area contributed by atoms with E-state index in [1.807, 2.05) is 12.1 Å². The van der Waals surface area contributed by atoms with Gasteiger partial charge in [0.25, 0.3) is 0 Å². The van der Waals surface area contributed by atoms with Crippen LogP contribution in [0.4, 0.5) is 0 Å².